The van der Waals surface area contributed by atoms with Gasteiger partial charge in [-0.3, -0.25) is 0 Å². The van der Waals surface area contributed by atoms with Crippen LogP contribution in [-0.2, 0) is 0 Å². The van der Waals surface area contributed by atoms with Crippen molar-refractivity contribution in [2.45, 2.75) is 0 Å². The summed E-state index contributed by atoms with van der Waals surface area (Å²) in [6.07, 6.45) is 0. The van der Waals surface area contributed by atoms with Gasteiger partial charge in [0.25, 0.3) is 0 Å². The summed E-state index contributed by atoms with van der Waals surface area (Å²) in [5.74, 6) is 0. The molecule has 2 rings (SSSR count). The van der Waals surface area contributed by atoms with Gasteiger partial charge in [-0.05, 0) is 30.3 Å². The number of halogens is 3. The molecule has 0 aliphatic rings. The second kappa shape index (κ2) is 5.62. The third-order valence-corrected chi connectivity index (χ3v) is 3.45. The summed E-state index contributed by atoms with van der Waals surface area (Å²) in [5.41, 5.74) is 1.77. The van der Waals surface area contributed by atoms with Crippen LogP contribution in [0.3, 0.4) is 0 Å². The average Bonchev–Trinajstić information content (AvgIpc) is 2.35. The molecule has 0 aromatic heterocycles. The van der Waals surface area contributed by atoms with Gasteiger partial charge in [0.2, 0.25) is 0 Å². The monoisotopic (exact) mass is 340 g/mol. The maximum atomic E-state index is 9.08. The first-order valence-corrected chi connectivity index (χ1v) is 6.57. The second-order valence-corrected chi connectivity index (χ2v) is 5.25. The number of benzene rings is 2. The van der Waals surface area contributed by atoms with Crippen LogP contribution >= 0.6 is 39.1 Å². The number of hydrogen-bond donors (Lipinski definition) is 1. The summed E-state index contributed by atoms with van der Waals surface area (Å²) in [4.78, 5) is 0. The highest BCUT2D eigenvalue weighted by molar-refractivity contribution is 9.10. The van der Waals surface area contributed by atoms with Crippen LogP contribution in [0.5, 0.6) is 0 Å². The predicted molar refractivity (Wildman–Crippen MR) is 78.6 cm³/mol. The van der Waals surface area contributed by atoms with Crippen LogP contribution in [0, 0.1) is 11.3 Å². The van der Waals surface area contributed by atoms with Gasteiger partial charge < -0.3 is 5.32 Å². The SMILES string of the molecule is N#Cc1cc(Br)ccc1Nc1c(Cl)cccc1Cl. The Morgan fingerprint density at radius 2 is 1.78 bits per heavy atom. The molecule has 0 saturated carbocycles. The number of para-hydroxylation sites is 1. The van der Waals surface area contributed by atoms with Gasteiger partial charge in [-0.25, -0.2) is 0 Å². The Morgan fingerprint density at radius 1 is 1.11 bits per heavy atom. The third-order valence-electron chi connectivity index (χ3n) is 2.32. The van der Waals surface area contributed by atoms with Crippen molar-refractivity contribution in [2.75, 3.05) is 5.32 Å². The number of nitriles is 1. The van der Waals surface area contributed by atoms with E-state index in [4.69, 9.17) is 28.5 Å². The van der Waals surface area contributed by atoms with E-state index in [1.165, 1.54) is 0 Å². The van der Waals surface area contributed by atoms with Gasteiger partial charge >= 0.3 is 0 Å². The Morgan fingerprint density at radius 3 is 2.39 bits per heavy atom. The average molecular weight is 342 g/mol. The van der Waals surface area contributed by atoms with E-state index >= 15 is 0 Å². The Hall–Kier alpha value is -1.21. The van der Waals surface area contributed by atoms with Crippen LogP contribution in [0.2, 0.25) is 10.0 Å². The summed E-state index contributed by atoms with van der Waals surface area (Å²) < 4.78 is 0.842. The van der Waals surface area contributed by atoms with E-state index < -0.39 is 0 Å². The Kier molecular flexibility index (Phi) is 4.13. The molecule has 2 aromatic rings. The quantitative estimate of drug-likeness (QED) is 0.796. The highest BCUT2D eigenvalue weighted by atomic mass is 79.9. The molecule has 0 fully saturated rings. The first-order valence-electron chi connectivity index (χ1n) is 5.02. The lowest BCUT2D eigenvalue weighted by Crippen LogP contribution is -1.95. The zero-order valence-corrected chi connectivity index (χ0v) is 12.1. The van der Waals surface area contributed by atoms with Crippen LogP contribution in [0.25, 0.3) is 0 Å². The molecule has 0 unspecified atom stereocenters. The van der Waals surface area contributed by atoms with E-state index in [1.54, 1.807) is 30.3 Å². The summed E-state index contributed by atoms with van der Waals surface area (Å²) in [6.45, 7) is 0. The van der Waals surface area contributed by atoms with E-state index in [9.17, 15) is 0 Å². The van der Waals surface area contributed by atoms with Gasteiger partial charge in [-0.1, -0.05) is 45.2 Å². The largest absolute Gasteiger partial charge is 0.352 e. The lowest BCUT2D eigenvalue weighted by Gasteiger charge is -2.11. The normalized spacial score (nSPS) is 9.89. The van der Waals surface area contributed by atoms with Crippen LogP contribution < -0.4 is 5.32 Å². The standard InChI is InChI=1S/C13H7BrCl2N2/c14-9-4-5-12(8(6-9)7-17)18-13-10(15)2-1-3-11(13)16/h1-6,18H. The molecule has 5 heteroatoms. The maximum absolute atomic E-state index is 9.08. The van der Waals surface area contributed by atoms with Crippen molar-refractivity contribution in [3.05, 3.63) is 56.5 Å². The van der Waals surface area contributed by atoms with Crippen LogP contribution in [0.15, 0.2) is 40.9 Å². The molecule has 2 aromatic carbocycles. The molecule has 0 amide bonds. The number of nitrogens with one attached hydrogen (secondary N) is 1. The molecular formula is C13H7BrCl2N2. The molecule has 0 heterocycles. The molecule has 0 aliphatic carbocycles. The molecule has 0 spiro atoms. The summed E-state index contributed by atoms with van der Waals surface area (Å²) >= 11 is 15.5. The van der Waals surface area contributed by atoms with Gasteiger partial charge in [0.05, 0.1) is 27.0 Å². The fourth-order valence-electron chi connectivity index (χ4n) is 1.47. The lowest BCUT2D eigenvalue weighted by atomic mass is 10.2. The van der Waals surface area contributed by atoms with Gasteiger partial charge in [0.1, 0.15) is 6.07 Å². The van der Waals surface area contributed by atoms with Crippen LogP contribution in [-0.4, -0.2) is 0 Å². The van der Waals surface area contributed by atoms with Crippen molar-refractivity contribution in [3.63, 3.8) is 0 Å². The van der Waals surface area contributed by atoms with Crippen molar-refractivity contribution >= 4 is 50.5 Å². The highest BCUT2D eigenvalue weighted by Gasteiger charge is 2.08. The summed E-state index contributed by atoms with van der Waals surface area (Å²) in [7, 11) is 0. The minimum absolute atomic E-state index is 0.509. The second-order valence-electron chi connectivity index (χ2n) is 3.52. The number of hydrogen-bond acceptors (Lipinski definition) is 2. The molecule has 90 valence electrons. The van der Waals surface area contributed by atoms with Gasteiger partial charge in [-0.15, -0.1) is 0 Å². The Labute approximate surface area is 123 Å². The van der Waals surface area contributed by atoms with Gasteiger partial charge in [-0.2, -0.15) is 5.26 Å². The van der Waals surface area contributed by atoms with Crippen molar-refractivity contribution in [1.29, 1.82) is 5.26 Å². The minimum atomic E-state index is 0.509. The van der Waals surface area contributed by atoms with Crippen LogP contribution in [0.1, 0.15) is 5.56 Å². The summed E-state index contributed by atoms with van der Waals surface area (Å²) in [6, 6.07) is 12.7. The van der Waals surface area contributed by atoms with E-state index in [0.717, 1.165) is 4.47 Å². The molecule has 18 heavy (non-hydrogen) atoms. The van der Waals surface area contributed by atoms with Crippen molar-refractivity contribution in [1.82, 2.24) is 0 Å². The molecule has 2 nitrogen and oxygen atoms in total. The maximum Gasteiger partial charge on any atom is 0.101 e. The minimum Gasteiger partial charge on any atom is -0.352 e. The molecule has 0 bridgehead atoms. The Balaban J connectivity index is 2.44. The number of anilines is 2. The first kappa shape index (κ1) is 13.2. The predicted octanol–water partition coefficient (Wildman–Crippen LogP) is 5.37. The lowest BCUT2D eigenvalue weighted by molar-refractivity contribution is 1.45. The van der Waals surface area contributed by atoms with E-state index in [0.29, 0.717) is 27.0 Å². The zero-order chi connectivity index (χ0) is 13.1. The molecule has 0 radical (unpaired) electrons. The number of rotatable bonds is 2. The van der Waals surface area contributed by atoms with Gasteiger partial charge in [0, 0.05) is 4.47 Å². The van der Waals surface area contributed by atoms with Crippen LogP contribution in [0.4, 0.5) is 11.4 Å². The number of nitrogens with zero attached hydrogens (tertiary/aromatic N) is 1. The van der Waals surface area contributed by atoms with Gasteiger partial charge in [0.15, 0.2) is 0 Å². The smallest absolute Gasteiger partial charge is 0.101 e. The molecule has 0 aliphatic heterocycles. The zero-order valence-electron chi connectivity index (χ0n) is 9.05. The van der Waals surface area contributed by atoms with E-state index in [1.807, 2.05) is 6.07 Å². The van der Waals surface area contributed by atoms with Crippen molar-refractivity contribution < 1.29 is 0 Å². The van der Waals surface area contributed by atoms with E-state index in [-0.39, 0.29) is 0 Å². The first-order chi connectivity index (χ1) is 8.61. The molecule has 0 saturated heterocycles. The highest BCUT2D eigenvalue weighted by Crippen LogP contribution is 2.34. The summed E-state index contributed by atoms with van der Waals surface area (Å²) in [5, 5.41) is 13.2. The fraction of sp³-hybridized carbons (Fsp3) is 0. The third kappa shape index (κ3) is 2.78. The molecule has 0 atom stereocenters. The van der Waals surface area contributed by atoms with Crippen molar-refractivity contribution in [2.24, 2.45) is 0 Å². The van der Waals surface area contributed by atoms with E-state index in [2.05, 4.69) is 27.3 Å². The molecule has 1 N–H and O–H groups in total. The topological polar surface area (TPSA) is 35.8 Å². The Bertz CT molecular complexity index is 615. The van der Waals surface area contributed by atoms with Crippen molar-refractivity contribution in [3.8, 4) is 6.07 Å². The molecular weight excluding hydrogens is 335 g/mol. The fourth-order valence-corrected chi connectivity index (χ4v) is 2.32.